The number of aliphatic hydroxyl groups excluding tert-OH is 1. The van der Waals surface area contributed by atoms with Gasteiger partial charge in [0.05, 0.1) is 6.42 Å². The third-order valence-electron chi connectivity index (χ3n) is 2.46. The molecule has 2 N–H and O–H groups in total. The number of carbonyl (C=O) groups excluding carboxylic acids is 2. The largest absolute Gasteiger partial charge is 0.398 e. The summed E-state index contributed by atoms with van der Waals surface area (Å²) in [5.74, 6) is -3.33. The van der Waals surface area contributed by atoms with Gasteiger partial charge in [-0.25, -0.2) is 0 Å². The maximum Gasteiger partial charge on any atom is 0.373 e. The summed E-state index contributed by atoms with van der Waals surface area (Å²) in [7, 11) is 0. The van der Waals surface area contributed by atoms with Crippen molar-refractivity contribution < 1.29 is 29.3 Å². The lowest BCUT2D eigenvalue weighted by atomic mass is 10.2. The van der Waals surface area contributed by atoms with Gasteiger partial charge < -0.3 is 19.7 Å². The minimum atomic E-state index is -2.17. The quantitative estimate of drug-likeness (QED) is 0.553. The first kappa shape index (κ1) is 13.9. The summed E-state index contributed by atoms with van der Waals surface area (Å²) in [5.41, 5.74) is 0. The molecule has 1 aliphatic heterocycles. The average Bonchev–Trinajstić information content (AvgIpc) is 2.29. The van der Waals surface area contributed by atoms with Crippen LogP contribution >= 0.6 is 0 Å². The molecular weight excluding hydrogens is 228 g/mol. The van der Waals surface area contributed by atoms with Gasteiger partial charge in [-0.15, -0.1) is 0 Å². The molecule has 0 spiro atoms. The molecule has 1 fully saturated rings. The van der Waals surface area contributed by atoms with Gasteiger partial charge in [0.1, 0.15) is 0 Å². The van der Waals surface area contributed by atoms with E-state index in [0.29, 0.717) is 25.7 Å². The third kappa shape index (κ3) is 5.14. The lowest BCUT2D eigenvalue weighted by molar-refractivity contribution is -0.327. The Hall–Kier alpha value is -1.14. The summed E-state index contributed by atoms with van der Waals surface area (Å²) >= 11 is 0. The van der Waals surface area contributed by atoms with Gasteiger partial charge in [0, 0.05) is 19.4 Å². The Kier molecular flexibility index (Phi) is 5.37. The van der Waals surface area contributed by atoms with Crippen LogP contribution in [0.5, 0.6) is 0 Å². The fourth-order valence-corrected chi connectivity index (χ4v) is 1.58. The van der Waals surface area contributed by atoms with Crippen molar-refractivity contribution in [3.63, 3.8) is 0 Å². The molecule has 0 saturated carbocycles. The fourth-order valence-electron chi connectivity index (χ4n) is 1.58. The summed E-state index contributed by atoms with van der Waals surface area (Å²) in [5, 5.41) is 18.5. The van der Waals surface area contributed by atoms with Crippen LogP contribution in [-0.4, -0.2) is 34.7 Å². The van der Waals surface area contributed by atoms with E-state index in [9.17, 15) is 14.7 Å². The zero-order valence-electron chi connectivity index (χ0n) is 9.68. The smallest absolute Gasteiger partial charge is 0.373 e. The minimum Gasteiger partial charge on any atom is -0.398 e. The van der Waals surface area contributed by atoms with Crippen molar-refractivity contribution in [2.75, 3.05) is 6.61 Å². The molecule has 1 heterocycles. The summed E-state index contributed by atoms with van der Waals surface area (Å²) in [6, 6.07) is 0. The molecule has 6 heteroatoms. The van der Waals surface area contributed by atoms with Crippen LogP contribution in [0.1, 0.15) is 44.9 Å². The molecule has 0 aromatic heterocycles. The van der Waals surface area contributed by atoms with Crippen LogP contribution in [0.25, 0.3) is 0 Å². The Morgan fingerprint density at radius 1 is 1.06 bits per heavy atom. The highest BCUT2D eigenvalue weighted by atomic mass is 16.8. The van der Waals surface area contributed by atoms with Crippen LogP contribution in [0, 0.1) is 0 Å². The monoisotopic (exact) mass is 246 g/mol. The second-order valence-corrected chi connectivity index (χ2v) is 4.05. The molecule has 1 saturated heterocycles. The molecule has 0 bridgehead atoms. The first-order valence-corrected chi connectivity index (χ1v) is 5.83. The molecule has 1 rings (SSSR count). The Morgan fingerprint density at radius 2 is 1.59 bits per heavy atom. The van der Waals surface area contributed by atoms with E-state index >= 15 is 0 Å². The Bertz CT molecular complexity index is 255. The molecule has 0 amide bonds. The normalized spacial score (nSPS) is 20.8. The zero-order valence-corrected chi connectivity index (χ0v) is 9.68. The van der Waals surface area contributed by atoms with Gasteiger partial charge in [0.2, 0.25) is 0 Å². The average molecular weight is 246 g/mol. The molecular formula is C11H18O6. The van der Waals surface area contributed by atoms with E-state index in [2.05, 4.69) is 0 Å². The zero-order chi connectivity index (χ0) is 12.7. The molecule has 0 atom stereocenters. The molecule has 0 aliphatic carbocycles. The Morgan fingerprint density at radius 3 is 2.06 bits per heavy atom. The molecule has 98 valence electrons. The minimum absolute atomic E-state index is 0.0228. The number of rotatable bonds is 4. The predicted molar refractivity (Wildman–Crippen MR) is 56.5 cm³/mol. The third-order valence-corrected chi connectivity index (χ3v) is 2.46. The van der Waals surface area contributed by atoms with Gasteiger partial charge in [-0.3, -0.25) is 9.59 Å². The lowest BCUT2D eigenvalue weighted by Gasteiger charge is -2.26. The van der Waals surface area contributed by atoms with E-state index in [-0.39, 0.29) is 25.9 Å². The van der Waals surface area contributed by atoms with E-state index in [0.717, 1.165) is 0 Å². The molecule has 0 unspecified atom stereocenters. The van der Waals surface area contributed by atoms with Crippen molar-refractivity contribution >= 4 is 11.9 Å². The number of esters is 2. The van der Waals surface area contributed by atoms with Crippen LogP contribution in [0.2, 0.25) is 0 Å². The summed E-state index contributed by atoms with van der Waals surface area (Å²) < 4.78 is 9.54. The van der Waals surface area contributed by atoms with Crippen LogP contribution in [0.15, 0.2) is 0 Å². The van der Waals surface area contributed by atoms with Crippen molar-refractivity contribution in [3.05, 3.63) is 0 Å². The number of carbonyl (C=O) groups is 2. The Balaban J connectivity index is 2.61. The highest BCUT2D eigenvalue weighted by Gasteiger charge is 2.36. The lowest BCUT2D eigenvalue weighted by Crippen LogP contribution is -2.39. The van der Waals surface area contributed by atoms with Gasteiger partial charge >= 0.3 is 17.9 Å². The predicted octanol–water partition coefficient (Wildman–Crippen LogP) is 0.456. The van der Waals surface area contributed by atoms with Gasteiger partial charge in [-0.1, -0.05) is 0 Å². The van der Waals surface area contributed by atoms with E-state index in [1.54, 1.807) is 0 Å². The SMILES string of the molecule is O=C1CCCCC(=O)OC(O)(CCCCO)O1. The van der Waals surface area contributed by atoms with Gasteiger partial charge in [0.15, 0.2) is 0 Å². The number of aliphatic hydroxyl groups is 2. The van der Waals surface area contributed by atoms with E-state index in [1.165, 1.54) is 0 Å². The van der Waals surface area contributed by atoms with Crippen molar-refractivity contribution in [1.29, 1.82) is 0 Å². The molecule has 0 aromatic rings. The van der Waals surface area contributed by atoms with Crippen molar-refractivity contribution in [2.45, 2.75) is 50.9 Å². The molecule has 0 radical (unpaired) electrons. The fraction of sp³-hybridized carbons (Fsp3) is 0.818. The van der Waals surface area contributed by atoms with Crippen LogP contribution < -0.4 is 0 Å². The van der Waals surface area contributed by atoms with Gasteiger partial charge in [0.25, 0.3) is 0 Å². The molecule has 6 nitrogen and oxygen atoms in total. The van der Waals surface area contributed by atoms with Crippen LogP contribution in [0.3, 0.4) is 0 Å². The van der Waals surface area contributed by atoms with Crippen molar-refractivity contribution in [3.8, 4) is 0 Å². The maximum atomic E-state index is 11.3. The second kappa shape index (κ2) is 6.56. The number of cyclic esters (lactones) is 2. The van der Waals surface area contributed by atoms with Crippen LogP contribution in [-0.2, 0) is 19.1 Å². The standard InChI is InChI=1S/C11H18O6/c12-8-4-3-7-11(15)16-9(13)5-1-2-6-10(14)17-11/h12,15H,1-8H2. The Labute approximate surface area is 99.5 Å². The summed E-state index contributed by atoms with van der Waals surface area (Å²) in [4.78, 5) is 22.6. The van der Waals surface area contributed by atoms with E-state index in [1.807, 2.05) is 0 Å². The summed E-state index contributed by atoms with van der Waals surface area (Å²) in [6.07, 6.45) is 2.23. The van der Waals surface area contributed by atoms with Crippen molar-refractivity contribution in [1.82, 2.24) is 0 Å². The van der Waals surface area contributed by atoms with Crippen molar-refractivity contribution in [2.24, 2.45) is 0 Å². The second-order valence-electron chi connectivity index (χ2n) is 4.05. The molecule has 17 heavy (non-hydrogen) atoms. The topological polar surface area (TPSA) is 93.1 Å². The number of ether oxygens (including phenoxy) is 2. The highest BCUT2D eigenvalue weighted by Crippen LogP contribution is 2.22. The van der Waals surface area contributed by atoms with Crippen LogP contribution in [0.4, 0.5) is 0 Å². The first-order chi connectivity index (χ1) is 8.06. The maximum absolute atomic E-state index is 11.3. The number of hydrogen-bond acceptors (Lipinski definition) is 6. The van der Waals surface area contributed by atoms with Gasteiger partial charge in [-0.2, -0.15) is 0 Å². The van der Waals surface area contributed by atoms with E-state index in [4.69, 9.17) is 14.6 Å². The highest BCUT2D eigenvalue weighted by molar-refractivity contribution is 5.72. The first-order valence-electron chi connectivity index (χ1n) is 5.83. The number of unbranched alkanes of at least 4 members (excludes halogenated alkanes) is 1. The number of hydrogen-bond donors (Lipinski definition) is 2. The van der Waals surface area contributed by atoms with E-state index < -0.39 is 17.9 Å². The molecule has 1 aliphatic rings. The summed E-state index contributed by atoms with van der Waals surface area (Å²) in [6.45, 7) is -0.0298. The van der Waals surface area contributed by atoms with Gasteiger partial charge in [-0.05, 0) is 25.7 Å². The molecule has 0 aromatic carbocycles.